The quantitative estimate of drug-likeness (QED) is 0.878. The summed E-state index contributed by atoms with van der Waals surface area (Å²) in [5.74, 6) is 0.586. The minimum atomic E-state index is 0.0275. The maximum Gasteiger partial charge on any atom is 0.225 e. The third-order valence-corrected chi connectivity index (χ3v) is 5.46. The summed E-state index contributed by atoms with van der Waals surface area (Å²) in [6.07, 6.45) is 3.40. The number of benzene rings is 1. The Balaban J connectivity index is 1.43. The van der Waals surface area contributed by atoms with Gasteiger partial charge in [-0.2, -0.15) is 0 Å². The molecule has 0 bridgehead atoms. The second-order valence-corrected chi connectivity index (χ2v) is 7.38. The highest BCUT2D eigenvalue weighted by Gasteiger charge is 2.32. The van der Waals surface area contributed by atoms with E-state index in [1.807, 2.05) is 35.2 Å². The molecular formula is C20H29N3O2. The van der Waals surface area contributed by atoms with Crippen LogP contribution in [0.5, 0.6) is 0 Å². The van der Waals surface area contributed by atoms with Gasteiger partial charge in [0, 0.05) is 37.5 Å². The Bertz CT molecular complexity index is 582. The molecule has 2 fully saturated rings. The first-order valence-corrected chi connectivity index (χ1v) is 9.47. The van der Waals surface area contributed by atoms with Crippen LogP contribution in [0.3, 0.4) is 0 Å². The van der Waals surface area contributed by atoms with E-state index in [1.165, 1.54) is 0 Å². The van der Waals surface area contributed by atoms with Gasteiger partial charge in [0.05, 0.1) is 0 Å². The van der Waals surface area contributed by atoms with E-state index in [0.29, 0.717) is 25.7 Å². The standard InChI is InChI=1S/C20H29N3O2/c1-15-13-18(7-10-21-15)20(25)23-11-8-17(9-12-23)19(24)22-14-16-5-3-2-4-6-16/h2-6,15,17-18,21H,7-14H2,1H3,(H,22,24)/t15-,18-/m0/s1. The highest BCUT2D eigenvalue weighted by atomic mass is 16.2. The minimum Gasteiger partial charge on any atom is -0.352 e. The molecule has 136 valence electrons. The second kappa shape index (κ2) is 8.48. The zero-order valence-electron chi connectivity index (χ0n) is 15.0. The zero-order chi connectivity index (χ0) is 17.6. The highest BCUT2D eigenvalue weighted by Crippen LogP contribution is 2.23. The number of nitrogens with zero attached hydrogens (tertiary/aromatic N) is 1. The van der Waals surface area contributed by atoms with Crippen molar-refractivity contribution < 1.29 is 9.59 Å². The van der Waals surface area contributed by atoms with Gasteiger partial charge >= 0.3 is 0 Å². The maximum atomic E-state index is 12.7. The topological polar surface area (TPSA) is 61.4 Å². The zero-order valence-corrected chi connectivity index (χ0v) is 15.0. The van der Waals surface area contributed by atoms with Crippen molar-refractivity contribution in [2.75, 3.05) is 19.6 Å². The van der Waals surface area contributed by atoms with Crippen molar-refractivity contribution in [1.29, 1.82) is 0 Å². The largest absolute Gasteiger partial charge is 0.352 e. The Morgan fingerprint density at radius 1 is 1.12 bits per heavy atom. The van der Waals surface area contributed by atoms with Gasteiger partial charge in [0.2, 0.25) is 11.8 Å². The van der Waals surface area contributed by atoms with Crippen LogP contribution in [-0.4, -0.2) is 42.4 Å². The normalized spacial score (nSPS) is 24.8. The molecule has 2 N–H and O–H groups in total. The van der Waals surface area contributed by atoms with Gasteiger partial charge in [-0.1, -0.05) is 30.3 Å². The first-order valence-electron chi connectivity index (χ1n) is 9.47. The molecule has 0 radical (unpaired) electrons. The van der Waals surface area contributed by atoms with Gasteiger partial charge in [-0.25, -0.2) is 0 Å². The van der Waals surface area contributed by atoms with E-state index in [2.05, 4.69) is 17.6 Å². The lowest BCUT2D eigenvalue weighted by molar-refractivity contribution is -0.140. The minimum absolute atomic E-state index is 0.0275. The molecule has 0 aromatic heterocycles. The molecular weight excluding hydrogens is 314 g/mol. The van der Waals surface area contributed by atoms with Gasteiger partial charge in [-0.3, -0.25) is 9.59 Å². The van der Waals surface area contributed by atoms with E-state index >= 15 is 0 Å². The Labute approximate surface area is 150 Å². The lowest BCUT2D eigenvalue weighted by Gasteiger charge is -2.36. The summed E-state index contributed by atoms with van der Waals surface area (Å²) >= 11 is 0. The first kappa shape index (κ1) is 17.9. The Hall–Kier alpha value is -1.88. The second-order valence-electron chi connectivity index (χ2n) is 7.38. The molecule has 2 heterocycles. The Kier molecular flexibility index (Phi) is 6.08. The van der Waals surface area contributed by atoms with Crippen molar-refractivity contribution in [3.05, 3.63) is 35.9 Å². The number of amides is 2. The molecule has 0 spiro atoms. The van der Waals surface area contributed by atoms with Crippen molar-refractivity contribution in [2.45, 2.75) is 45.2 Å². The highest BCUT2D eigenvalue weighted by molar-refractivity contribution is 5.81. The van der Waals surface area contributed by atoms with E-state index in [-0.39, 0.29) is 23.7 Å². The Morgan fingerprint density at radius 3 is 2.52 bits per heavy atom. The number of likely N-dealkylation sites (tertiary alicyclic amines) is 1. The summed E-state index contributed by atoms with van der Waals surface area (Å²) in [6.45, 7) is 5.06. The molecule has 2 aliphatic heterocycles. The van der Waals surface area contributed by atoms with Crippen LogP contribution in [0.15, 0.2) is 30.3 Å². The summed E-state index contributed by atoms with van der Waals surface area (Å²) < 4.78 is 0. The van der Waals surface area contributed by atoms with E-state index < -0.39 is 0 Å². The summed E-state index contributed by atoms with van der Waals surface area (Å²) in [5, 5.41) is 6.43. The van der Waals surface area contributed by atoms with E-state index in [0.717, 1.165) is 37.8 Å². The number of nitrogens with one attached hydrogen (secondary N) is 2. The van der Waals surface area contributed by atoms with Gasteiger partial charge < -0.3 is 15.5 Å². The molecule has 5 nitrogen and oxygen atoms in total. The Morgan fingerprint density at radius 2 is 1.84 bits per heavy atom. The molecule has 3 rings (SSSR count). The summed E-state index contributed by atoms with van der Waals surface area (Å²) in [5.41, 5.74) is 1.11. The van der Waals surface area contributed by atoms with Crippen molar-refractivity contribution in [1.82, 2.24) is 15.5 Å². The van der Waals surface area contributed by atoms with E-state index in [1.54, 1.807) is 0 Å². The van der Waals surface area contributed by atoms with Crippen LogP contribution in [0.4, 0.5) is 0 Å². The van der Waals surface area contributed by atoms with Gasteiger partial charge in [-0.05, 0) is 44.7 Å². The molecule has 0 aliphatic carbocycles. The van der Waals surface area contributed by atoms with Crippen molar-refractivity contribution in [3.8, 4) is 0 Å². The lowest BCUT2D eigenvalue weighted by Crippen LogP contribution is -2.48. The summed E-state index contributed by atoms with van der Waals surface area (Å²) in [7, 11) is 0. The summed E-state index contributed by atoms with van der Waals surface area (Å²) in [6, 6.07) is 10.4. The van der Waals surface area contributed by atoms with Gasteiger partial charge in [-0.15, -0.1) is 0 Å². The van der Waals surface area contributed by atoms with Crippen LogP contribution in [-0.2, 0) is 16.1 Å². The number of hydrogen-bond donors (Lipinski definition) is 2. The maximum absolute atomic E-state index is 12.7. The summed E-state index contributed by atoms with van der Waals surface area (Å²) in [4.78, 5) is 27.0. The van der Waals surface area contributed by atoms with Crippen LogP contribution in [0.25, 0.3) is 0 Å². The van der Waals surface area contributed by atoms with Crippen LogP contribution < -0.4 is 10.6 Å². The molecule has 2 saturated heterocycles. The third-order valence-electron chi connectivity index (χ3n) is 5.46. The molecule has 0 saturated carbocycles. The molecule has 2 amide bonds. The van der Waals surface area contributed by atoms with Crippen LogP contribution >= 0.6 is 0 Å². The molecule has 1 aromatic carbocycles. The number of rotatable bonds is 4. The molecule has 0 unspecified atom stereocenters. The number of piperidine rings is 2. The molecule has 2 aliphatic rings. The molecule has 1 aromatic rings. The van der Waals surface area contributed by atoms with Crippen LogP contribution in [0.2, 0.25) is 0 Å². The van der Waals surface area contributed by atoms with Gasteiger partial charge in [0.15, 0.2) is 0 Å². The fraction of sp³-hybridized carbons (Fsp3) is 0.600. The third kappa shape index (κ3) is 4.82. The predicted molar refractivity (Wildman–Crippen MR) is 97.8 cm³/mol. The SMILES string of the molecule is C[C@H]1C[C@@H](C(=O)N2CCC(C(=O)NCc3ccccc3)CC2)CCN1. The first-order chi connectivity index (χ1) is 12.1. The number of carbonyl (C=O) groups excluding carboxylic acids is 2. The number of carbonyl (C=O) groups is 2. The average molecular weight is 343 g/mol. The number of hydrogen-bond acceptors (Lipinski definition) is 3. The average Bonchev–Trinajstić information content (AvgIpc) is 2.66. The van der Waals surface area contributed by atoms with Gasteiger partial charge in [0.25, 0.3) is 0 Å². The monoisotopic (exact) mass is 343 g/mol. The van der Waals surface area contributed by atoms with Crippen molar-refractivity contribution >= 4 is 11.8 Å². The van der Waals surface area contributed by atoms with Crippen molar-refractivity contribution in [2.24, 2.45) is 11.8 Å². The van der Waals surface area contributed by atoms with Crippen LogP contribution in [0, 0.1) is 11.8 Å². The smallest absolute Gasteiger partial charge is 0.225 e. The van der Waals surface area contributed by atoms with E-state index in [9.17, 15) is 9.59 Å². The lowest BCUT2D eigenvalue weighted by atomic mass is 9.90. The van der Waals surface area contributed by atoms with Crippen LogP contribution in [0.1, 0.15) is 38.2 Å². The van der Waals surface area contributed by atoms with Gasteiger partial charge in [0.1, 0.15) is 0 Å². The predicted octanol–water partition coefficient (Wildman–Crippen LogP) is 1.93. The fourth-order valence-electron chi connectivity index (χ4n) is 3.91. The molecule has 25 heavy (non-hydrogen) atoms. The van der Waals surface area contributed by atoms with Crippen molar-refractivity contribution in [3.63, 3.8) is 0 Å². The van der Waals surface area contributed by atoms with E-state index in [4.69, 9.17) is 0 Å². The fourth-order valence-corrected chi connectivity index (χ4v) is 3.91. The molecule has 5 heteroatoms. The molecule has 2 atom stereocenters.